The van der Waals surface area contributed by atoms with E-state index in [0.29, 0.717) is 0 Å². The van der Waals surface area contributed by atoms with Gasteiger partial charge in [0.2, 0.25) is 0 Å². The fraction of sp³-hybridized carbons (Fsp3) is 0.250. The van der Waals surface area contributed by atoms with E-state index in [-0.39, 0.29) is 45.4 Å². The Bertz CT molecular complexity index is 191. The van der Waals surface area contributed by atoms with Crippen molar-refractivity contribution >= 4 is 0 Å². The molecule has 0 aromatic heterocycles. The van der Waals surface area contributed by atoms with Gasteiger partial charge in [-0.2, -0.15) is 0 Å². The Morgan fingerprint density at radius 1 is 1.27 bits per heavy atom. The van der Waals surface area contributed by atoms with E-state index >= 15 is 0 Å². The van der Waals surface area contributed by atoms with Crippen LogP contribution in [0, 0.1) is 0 Å². The fourth-order valence-corrected chi connectivity index (χ4v) is 0.806. The van der Waals surface area contributed by atoms with Gasteiger partial charge < -0.3 is 10.8 Å². The topological polar surface area (TPSA) is 46.2 Å². The predicted octanol–water partition coefficient (Wildman–Crippen LogP) is 0.676. The van der Waals surface area contributed by atoms with Crippen LogP contribution in [-0.4, -0.2) is 11.7 Å². The Kier molecular flexibility index (Phi) is 5.97. The molecular weight excluding hydrogens is 215 g/mol. The van der Waals surface area contributed by atoms with E-state index in [1.165, 1.54) is 0 Å². The van der Waals surface area contributed by atoms with Crippen molar-refractivity contribution in [2.45, 2.75) is 6.04 Å². The van der Waals surface area contributed by atoms with Crippen LogP contribution in [0.15, 0.2) is 30.3 Å². The van der Waals surface area contributed by atoms with Gasteiger partial charge in [-0.3, -0.25) is 0 Å². The van der Waals surface area contributed by atoms with Gasteiger partial charge in [-0.05, 0) is 5.56 Å². The van der Waals surface area contributed by atoms with Gasteiger partial charge in [-0.15, -0.1) is 0 Å². The summed E-state index contributed by atoms with van der Waals surface area (Å²) in [5.74, 6) is 0. The number of nitrogens with two attached hydrogens (primary N) is 1. The number of hydrogen-bond donors (Lipinski definition) is 2. The molecule has 0 bridgehead atoms. The maximum atomic E-state index is 8.66. The molecule has 1 atom stereocenters. The molecule has 0 heterocycles. The van der Waals surface area contributed by atoms with E-state index in [1.807, 2.05) is 30.3 Å². The Balaban J connectivity index is 0.000001000. The maximum absolute atomic E-state index is 8.66. The van der Waals surface area contributed by atoms with Crippen LogP contribution in [0.5, 0.6) is 0 Å². The molecule has 1 aromatic carbocycles. The number of hydrogen-bond acceptors (Lipinski definition) is 2. The van der Waals surface area contributed by atoms with E-state index in [9.17, 15) is 0 Å². The number of aliphatic hydroxyl groups is 1. The zero-order valence-electron chi connectivity index (χ0n) is 6.27. The van der Waals surface area contributed by atoms with Crippen molar-refractivity contribution in [2.75, 3.05) is 6.61 Å². The van der Waals surface area contributed by atoms with Crippen molar-refractivity contribution in [3.8, 4) is 0 Å². The summed E-state index contributed by atoms with van der Waals surface area (Å²) in [5, 5.41) is 8.66. The maximum Gasteiger partial charge on any atom is 0.0624 e. The molecule has 1 rings (SSSR count). The molecular formula is C8H11NOY. The summed E-state index contributed by atoms with van der Waals surface area (Å²) in [7, 11) is 0. The molecule has 1 radical (unpaired) electrons. The second-order valence-electron chi connectivity index (χ2n) is 2.20. The van der Waals surface area contributed by atoms with Gasteiger partial charge in [0.05, 0.1) is 12.6 Å². The summed E-state index contributed by atoms with van der Waals surface area (Å²) in [6.07, 6.45) is 0. The van der Waals surface area contributed by atoms with E-state index in [4.69, 9.17) is 10.8 Å². The molecule has 0 saturated heterocycles. The number of benzene rings is 1. The molecule has 0 fully saturated rings. The van der Waals surface area contributed by atoms with E-state index in [0.717, 1.165) is 5.56 Å². The second-order valence-corrected chi connectivity index (χ2v) is 2.20. The smallest absolute Gasteiger partial charge is 0.0624 e. The van der Waals surface area contributed by atoms with Crippen LogP contribution >= 0.6 is 0 Å². The quantitative estimate of drug-likeness (QED) is 0.778. The van der Waals surface area contributed by atoms with Crippen LogP contribution in [-0.2, 0) is 32.7 Å². The average molecular weight is 226 g/mol. The van der Waals surface area contributed by atoms with Gasteiger partial charge in [-0.25, -0.2) is 0 Å². The summed E-state index contributed by atoms with van der Waals surface area (Å²) >= 11 is 0. The third kappa shape index (κ3) is 3.43. The average Bonchev–Trinajstić information content (AvgIpc) is 2.05. The second kappa shape index (κ2) is 5.84. The van der Waals surface area contributed by atoms with Gasteiger partial charge in [0.25, 0.3) is 0 Å². The van der Waals surface area contributed by atoms with Gasteiger partial charge in [-0.1, -0.05) is 30.3 Å². The van der Waals surface area contributed by atoms with Crippen molar-refractivity contribution < 1.29 is 37.8 Å². The molecule has 0 aliphatic carbocycles. The Morgan fingerprint density at radius 2 is 1.82 bits per heavy atom. The number of aliphatic hydroxyl groups excluding tert-OH is 1. The van der Waals surface area contributed by atoms with Crippen molar-refractivity contribution in [3.63, 3.8) is 0 Å². The van der Waals surface area contributed by atoms with E-state index < -0.39 is 0 Å². The van der Waals surface area contributed by atoms with Gasteiger partial charge in [0, 0.05) is 32.7 Å². The molecule has 1 aromatic rings. The first kappa shape index (κ1) is 11.2. The standard InChI is InChI=1S/C8H11NO.Y/c9-8(6-10)7-4-2-1-3-5-7;/h1-5,8,10H,6,9H2;/t8-;/m1./s1. The molecule has 3 N–H and O–H groups in total. The Labute approximate surface area is 91.7 Å². The zero-order chi connectivity index (χ0) is 7.40. The molecule has 0 amide bonds. The first-order chi connectivity index (χ1) is 4.84. The van der Waals surface area contributed by atoms with Crippen molar-refractivity contribution in [1.82, 2.24) is 0 Å². The number of rotatable bonds is 2. The molecule has 0 saturated carbocycles. The van der Waals surface area contributed by atoms with Crippen LogP contribution in [0.2, 0.25) is 0 Å². The molecule has 0 spiro atoms. The van der Waals surface area contributed by atoms with Crippen molar-refractivity contribution in [3.05, 3.63) is 35.9 Å². The van der Waals surface area contributed by atoms with E-state index in [2.05, 4.69) is 0 Å². The first-order valence-electron chi connectivity index (χ1n) is 3.26. The van der Waals surface area contributed by atoms with Gasteiger partial charge in [0.1, 0.15) is 0 Å². The van der Waals surface area contributed by atoms with Gasteiger partial charge >= 0.3 is 0 Å². The minimum absolute atomic E-state index is 0. The Hall–Kier alpha value is 0.244. The molecule has 2 nitrogen and oxygen atoms in total. The minimum Gasteiger partial charge on any atom is -0.394 e. The van der Waals surface area contributed by atoms with Gasteiger partial charge in [0.15, 0.2) is 0 Å². The monoisotopic (exact) mass is 226 g/mol. The SMILES string of the molecule is N[C@H](CO)c1ccccc1.[Y]. The summed E-state index contributed by atoms with van der Waals surface area (Å²) in [6, 6.07) is 9.31. The largest absolute Gasteiger partial charge is 0.394 e. The summed E-state index contributed by atoms with van der Waals surface area (Å²) in [4.78, 5) is 0. The first-order valence-corrected chi connectivity index (χ1v) is 3.26. The van der Waals surface area contributed by atoms with Crippen LogP contribution in [0.4, 0.5) is 0 Å². The third-order valence-electron chi connectivity index (χ3n) is 1.42. The normalized spacial score (nSPS) is 11.8. The summed E-state index contributed by atoms with van der Waals surface area (Å²) in [5.41, 5.74) is 6.52. The summed E-state index contributed by atoms with van der Waals surface area (Å²) < 4.78 is 0. The van der Waals surface area contributed by atoms with E-state index in [1.54, 1.807) is 0 Å². The molecule has 11 heavy (non-hydrogen) atoms. The molecule has 0 aliphatic rings. The fourth-order valence-electron chi connectivity index (χ4n) is 0.806. The predicted molar refractivity (Wildman–Crippen MR) is 40.5 cm³/mol. The van der Waals surface area contributed by atoms with Crippen LogP contribution in [0.25, 0.3) is 0 Å². The van der Waals surface area contributed by atoms with Crippen LogP contribution in [0.3, 0.4) is 0 Å². The molecule has 0 aliphatic heterocycles. The molecule has 3 heteroatoms. The molecule has 57 valence electrons. The van der Waals surface area contributed by atoms with Crippen molar-refractivity contribution in [1.29, 1.82) is 0 Å². The zero-order valence-corrected chi connectivity index (χ0v) is 9.11. The van der Waals surface area contributed by atoms with Crippen molar-refractivity contribution in [2.24, 2.45) is 5.73 Å². The van der Waals surface area contributed by atoms with Crippen LogP contribution < -0.4 is 5.73 Å². The molecule has 0 unspecified atom stereocenters. The minimum atomic E-state index is -0.235. The Morgan fingerprint density at radius 3 is 2.27 bits per heavy atom. The third-order valence-corrected chi connectivity index (χ3v) is 1.42. The summed E-state index contributed by atoms with van der Waals surface area (Å²) in [6.45, 7) is 0.00398. The van der Waals surface area contributed by atoms with Crippen LogP contribution in [0.1, 0.15) is 11.6 Å².